The van der Waals surface area contributed by atoms with Crippen LogP contribution in [0.25, 0.3) is 0 Å². The molecule has 1 radical (unpaired) electrons. The number of rotatable bonds is 3. The van der Waals surface area contributed by atoms with E-state index >= 15 is 0 Å². The van der Waals surface area contributed by atoms with Gasteiger partial charge in [-0.1, -0.05) is 15.9 Å². The molecule has 0 aliphatic carbocycles. The summed E-state index contributed by atoms with van der Waals surface area (Å²) in [6, 6.07) is 6.44. The third-order valence-corrected chi connectivity index (χ3v) is 3.38. The summed E-state index contributed by atoms with van der Waals surface area (Å²) in [5.41, 5.74) is 6.76. The molecule has 1 aliphatic rings. The van der Waals surface area contributed by atoms with E-state index in [0.29, 0.717) is 5.69 Å². The Labute approximate surface area is 113 Å². The number of fused-ring (bicyclic) bond motifs is 1. The van der Waals surface area contributed by atoms with Crippen molar-refractivity contribution in [2.24, 2.45) is 11.7 Å². The minimum atomic E-state index is -0.862. The number of carbonyl (C=O) groups excluding carboxylic acids is 2. The van der Waals surface area contributed by atoms with E-state index in [1.807, 2.05) is 0 Å². The number of hydrogen-bond donors (Lipinski definition) is 2. The van der Waals surface area contributed by atoms with Crippen LogP contribution in [0, 0.1) is 12.0 Å². The molecule has 1 aromatic rings. The highest BCUT2D eigenvalue weighted by atomic mass is 79.9. The minimum absolute atomic E-state index is 0.145. The molecule has 0 fully saturated rings. The average Bonchev–Trinajstić information content (AvgIpc) is 2.32. The monoisotopic (exact) mass is 311 g/mol. The van der Waals surface area contributed by atoms with E-state index in [1.165, 1.54) is 4.90 Å². The summed E-state index contributed by atoms with van der Waals surface area (Å²) in [7, 11) is 0. The lowest BCUT2D eigenvalue weighted by atomic mass is 9.91. The van der Waals surface area contributed by atoms with E-state index in [9.17, 15) is 9.59 Å². The predicted octanol–water partition coefficient (Wildman–Crippen LogP) is 0.232. The predicted molar refractivity (Wildman–Crippen MR) is 68.8 cm³/mol. The summed E-state index contributed by atoms with van der Waals surface area (Å²) in [5.74, 6) is -1.86. The Morgan fingerprint density at radius 1 is 1.67 bits per heavy atom. The van der Waals surface area contributed by atoms with Gasteiger partial charge >= 0.3 is 0 Å². The summed E-state index contributed by atoms with van der Waals surface area (Å²) in [6.07, 6.45) is 0.287. The maximum Gasteiger partial charge on any atom is 0.239 e. The first kappa shape index (κ1) is 13.0. The van der Waals surface area contributed by atoms with Gasteiger partial charge in [0.1, 0.15) is 5.92 Å². The van der Waals surface area contributed by atoms with Gasteiger partial charge in [-0.2, -0.15) is 0 Å². The molecule has 2 amide bonds. The molecule has 0 bridgehead atoms. The highest BCUT2D eigenvalue weighted by molar-refractivity contribution is 9.10. The number of primary amides is 1. The number of nitrogens with zero attached hydrogens (tertiary/aromatic N) is 1. The van der Waals surface area contributed by atoms with Crippen LogP contribution in [-0.2, 0) is 16.0 Å². The summed E-state index contributed by atoms with van der Waals surface area (Å²) in [4.78, 5) is 24.8. The van der Waals surface area contributed by atoms with Gasteiger partial charge in [0.05, 0.1) is 6.61 Å². The van der Waals surface area contributed by atoms with Crippen molar-refractivity contribution in [1.82, 2.24) is 0 Å². The van der Waals surface area contributed by atoms with Crippen molar-refractivity contribution in [3.8, 4) is 0 Å². The van der Waals surface area contributed by atoms with Gasteiger partial charge in [0.15, 0.2) is 0 Å². The lowest BCUT2D eigenvalue weighted by Gasteiger charge is -2.32. The number of aliphatic hydroxyl groups excluding tert-OH is 1. The molecule has 2 rings (SSSR count). The van der Waals surface area contributed by atoms with Gasteiger partial charge in [0.2, 0.25) is 11.8 Å². The second-order valence-corrected chi connectivity index (χ2v) is 4.92. The molecule has 1 atom stereocenters. The van der Waals surface area contributed by atoms with Crippen LogP contribution in [0.1, 0.15) is 5.56 Å². The second-order valence-electron chi connectivity index (χ2n) is 4.06. The summed E-state index contributed by atoms with van der Waals surface area (Å²) < 4.78 is 0.717. The molecule has 1 aliphatic heterocycles. The molecule has 0 saturated carbocycles. The fraction of sp³-hybridized carbons (Fsp3) is 0.333. The van der Waals surface area contributed by atoms with Crippen molar-refractivity contribution >= 4 is 33.4 Å². The number of hydrogen-bond acceptors (Lipinski definition) is 3. The highest BCUT2D eigenvalue weighted by Gasteiger charge is 2.35. The number of aliphatic hydroxyl groups is 1. The zero-order valence-electron chi connectivity index (χ0n) is 9.52. The van der Waals surface area contributed by atoms with Crippen molar-refractivity contribution in [3.05, 3.63) is 28.2 Å². The Morgan fingerprint density at radius 2 is 2.39 bits per heavy atom. The van der Waals surface area contributed by atoms with E-state index in [-0.39, 0.29) is 25.5 Å². The van der Waals surface area contributed by atoms with Gasteiger partial charge in [-0.05, 0) is 30.2 Å². The van der Waals surface area contributed by atoms with Crippen LogP contribution in [0.15, 0.2) is 16.6 Å². The van der Waals surface area contributed by atoms with Crippen molar-refractivity contribution in [2.75, 3.05) is 18.1 Å². The first-order valence-corrected chi connectivity index (χ1v) is 6.25. The molecule has 1 unspecified atom stereocenters. The topological polar surface area (TPSA) is 83.6 Å². The lowest BCUT2D eigenvalue weighted by molar-refractivity contribution is -0.132. The van der Waals surface area contributed by atoms with E-state index in [2.05, 4.69) is 22.0 Å². The van der Waals surface area contributed by atoms with E-state index in [0.717, 1.165) is 10.0 Å². The first-order valence-electron chi connectivity index (χ1n) is 5.46. The van der Waals surface area contributed by atoms with Gasteiger partial charge in [-0.15, -0.1) is 0 Å². The number of amides is 2. The third-order valence-electron chi connectivity index (χ3n) is 2.92. The molecule has 1 heterocycles. The molecule has 18 heavy (non-hydrogen) atoms. The van der Waals surface area contributed by atoms with Crippen LogP contribution in [0.4, 0.5) is 5.69 Å². The van der Waals surface area contributed by atoms with Crippen LogP contribution >= 0.6 is 15.9 Å². The van der Waals surface area contributed by atoms with Gasteiger partial charge in [0.25, 0.3) is 0 Å². The Morgan fingerprint density at radius 3 is 3.00 bits per heavy atom. The quantitative estimate of drug-likeness (QED) is 0.784. The number of carbonyl (C=O) groups is 2. The molecular weight excluding hydrogens is 300 g/mol. The Balaban J connectivity index is 2.47. The average molecular weight is 312 g/mol. The number of halogens is 1. The minimum Gasteiger partial charge on any atom is -0.395 e. The zero-order valence-corrected chi connectivity index (χ0v) is 11.1. The van der Waals surface area contributed by atoms with Crippen LogP contribution in [0.5, 0.6) is 0 Å². The number of benzene rings is 1. The Bertz CT molecular complexity index is 504. The van der Waals surface area contributed by atoms with Gasteiger partial charge in [-0.3, -0.25) is 9.59 Å². The third kappa shape index (κ3) is 2.26. The summed E-state index contributed by atoms with van der Waals surface area (Å²) in [6.45, 7) is -0.0288. The number of nitrogens with two attached hydrogens (primary N) is 1. The standard InChI is InChI=1S/C12H12BrN2O3/c13-8-2-1-7-5-9(11(14)17)12(18)15(3-4-16)10(7)6-8/h1,6,9,16H,3-5H2,(H2,14,17). The molecule has 0 spiro atoms. The highest BCUT2D eigenvalue weighted by Crippen LogP contribution is 2.32. The molecule has 5 nitrogen and oxygen atoms in total. The lowest BCUT2D eigenvalue weighted by Crippen LogP contribution is -2.47. The SMILES string of the molecule is NC(=O)C1Cc2c[c]c(Br)cc2N(CCO)C1=O. The maximum atomic E-state index is 12.1. The van der Waals surface area contributed by atoms with E-state index in [1.54, 1.807) is 12.1 Å². The smallest absolute Gasteiger partial charge is 0.239 e. The van der Waals surface area contributed by atoms with Crippen molar-refractivity contribution in [3.63, 3.8) is 0 Å². The maximum absolute atomic E-state index is 12.1. The first-order chi connectivity index (χ1) is 8.54. The van der Waals surface area contributed by atoms with Gasteiger partial charge < -0.3 is 15.7 Å². The summed E-state index contributed by atoms with van der Waals surface area (Å²) >= 11 is 3.29. The summed E-state index contributed by atoms with van der Waals surface area (Å²) in [5, 5.41) is 9.03. The Hall–Kier alpha value is -1.40. The normalized spacial score (nSPS) is 18.7. The van der Waals surface area contributed by atoms with Gasteiger partial charge in [0, 0.05) is 16.7 Å². The van der Waals surface area contributed by atoms with Crippen LogP contribution in [0.2, 0.25) is 0 Å². The number of anilines is 1. The fourth-order valence-corrected chi connectivity index (χ4v) is 2.40. The molecule has 3 N–H and O–H groups in total. The molecule has 1 aromatic carbocycles. The zero-order chi connectivity index (χ0) is 13.3. The van der Waals surface area contributed by atoms with Crippen LogP contribution in [-0.4, -0.2) is 30.1 Å². The Kier molecular flexibility index (Phi) is 3.68. The van der Waals surface area contributed by atoms with E-state index in [4.69, 9.17) is 10.8 Å². The molecule has 0 saturated heterocycles. The van der Waals surface area contributed by atoms with E-state index < -0.39 is 11.8 Å². The largest absolute Gasteiger partial charge is 0.395 e. The van der Waals surface area contributed by atoms with Crippen LogP contribution < -0.4 is 10.6 Å². The number of β-amino-alcohol motifs (C(OH)–C–C–N with tert-alkyl or cyclic N) is 1. The molecule has 0 aromatic heterocycles. The van der Waals surface area contributed by atoms with Crippen molar-refractivity contribution < 1.29 is 14.7 Å². The molecule has 95 valence electrons. The molecule has 6 heteroatoms. The van der Waals surface area contributed by atoms with Crippen molar-refractivity contribution in [1.29, 1.82) is 0 Å². The fourth-order valence-electron chi connectivity index (χ4n) is 2.07. The second kappa shape index (κ2) is 5.07. The molecular formula is C12H12BrN2O3. The van der Waals surface area contributed by atoms with Gasteiger partial charge in [-0.25, -0.2) is 0 Å². The van der Waals surface area contributed by atoms with Crippen LogP contribution in [0.3, 0.4) is 0 Å². The van der Waals surface area contributed by atoms with Crippen molar-refractivity contribution in [2.45, 2.75) is 6.42 Å².